The summed E-state index contributed by atoms with van der Waals surface area (Å²) in [6, 6.07) is 12.1. The Morgan fingerprint density at radius 3 is 2.68 bits per heavy atom. The second-order valence-corrected chi connectivity index (χ2v) is 7.74. The van der Waals surface area contributed by atoms with Crippen LogP contribution in [-0.4, -0.2) is 41.9 Å². The number of hydrogen-bond donors (Lipinski definition) is 0. The van der Waals surface area contributed by atoms with Crippen LogP contribution in [0.15, 0.2) is 57.9 Å². The molecule has 0 amide bonds. The van der Waals surface area contributed by atoms with Gasteiger partial charge in [-0.25, -0.2) is 8.42 Å². The minimum atomic E-state index is -4.14. The molecule has 0 bridgehead atoms. The molecule has 11 heteroatoms. The van der Waals surface area contributed by atoms with E-state index in [1.807, 2.05) is 0 Å². The van der Waals surface area contributed by atoms with Crippen LogP contribution < -0.4 is 4.74 Å². The van der Waals surface area contributed by atoms with Gasteiger partial charge in [-0.2, -0.15) is 9.29 Å². The van der Waals surface area contributed by atoms with Gasteiger partial charge >= 0.3 is 0 Å². The molecule has 0 atom stereocenters. The Morgan fingerprint density at radius 2 is 1.96 bits per heavy atom. The number of nitrogens with zero attached hydrogens (tertiary/aromatic N) is 4. The van der Waals surface area contributed by atoms with Gasteiger partial charge in [0.2, 0.25) is 21.7 Å². The molecule has 1 heterocycles. The molecule has 28 heavy (non-hydrogen) atoms. The van der Waals surface area contributed by atoms with Crippen molar-refractivity contribution < 1.29 is 22.6 Å². The molecule has 0 radical (unpaired) electrons. The molecular weight excluding hydrogens is 388 g/mol. The Labute approximate surface area is 160 Å². The van der Waals surface area contributed by atoms with Crippen molar-refractivity contribution in [2.45, 2.75) is 11.4 Å². The fourth-order valence-electron chi connectivity index (χ4n) is 2.47. The highest BCUT2D eigenvalue weighted by Gasteiger charge is 2.30. The van der Waals surface area contributed by atoms with Gasteiger partial charge in [0.15, 0.2) is 4.90 Å². The third-order valence-corrected chi connectivity index (χ3v) is 5.75. The number of nitro groups is 1. The number of aromatic nitrogens is 2. The summed E-state index contributed by atoms with van der Waals surface area (Å²) in [5.41, 5.74) is 0.135. The molecule has 0 saturated carbocycles. The fraction of sp³-hybridized carbons (Fsp3) is 0.176. The van der Waals surface area contributed by atoms with Gasteiger partial charge in [-0.1, -0.05) is 29.4 Å². The van der Waals surface area contributed by atoms with E-state index in [0.717, 1.165) is 10.4 Å². The summed E-state index contributed by atoms with van der Waals surface area (Å²) in [5, 5.41) is 15.0. The lowest BCUT2D eigenvalue weighted by molar-refractivity contribution is -0.387. The van der Waals surface area contributed by atoms with Crippen molar-refractivity contribution in [3.8, 4) is 17.1 Å². The molecule has 0 aliphatic carbocycles. The second-order valence-electron chi connectivity index (χ2n) is 5.73. The maximum absolute atomic E-state index is 12.7. The van der Waals surface area contributed by atoms with Crippen molar-refractivity contribution in [3.63, 3.8) is 0 Å². The first-order chi connectivity index (χ1) is 13.3. The highest BCUT2D eigenvalue weighted by Crippen LogP contribution is 2.27. The predicted molar refractivity (Wildman–Crippen MR) is 98.0 cm³/mol. The van der Waals surface area contributed by atoms with Crippen LogP contribution in [0.3, 0.4) is 0 Å². The summed E-state index contributed by atoms with van der Waals surface area (Å²) in [6.45, 7) is -0.245. The van der Waals surface area contributed by atoms with Gasteiger partial charge < -0.3 is 9.26 Å². The number of nitro benzene ring substituents is 1. The first kappa shape index (κ1) is 19.5. The van der Waals surface area contributed by atoms with E-state index in [2.05, 4.69) is 10.1 Å². The minimum absolute atomic E-state index is 0.0440. The number of rotatable bonds is 7. The van der Waals surface area contributed by atoms with E-state index in [-0.39, 0.29) is 18.3 Å². The maximum Gasteiger partial charge on any atom is 0.289 e. The van der Waals surface area contributed by atoms with Crippen LogP contribution >= 0.6 is 0 Å². The highest BCUT2D eigenvalue weighted by molar-refractivity contribution is 7.89. The van der Waals surface area contributed by atoms with Crippen LogP contribution in [0.25, 0.3) is 11.4 Å². The predicted octanol–water partition coefficient (Wildman–Crippen LogP) is 2.47. The Balaban J connectivity index is 1.84. The Morgan fingerprint density at radius 1 is 1.21 bits per heavy atom. The van der Waals surface area contributed by atoms with Crippen molar-refractivity contribution >= 4 is 15.7 Å². The first-order valence-electron chi connectivity index (χ1n) is 7.99. The van der Waals surface area contributed by atoms with Gasteiger partial charge in [0.05, 0.1) is 18.6 Å². The smallest absolute Gasteiger partial charge is 0.289 e. The van der Waals surface area contributed by atoms with Crippen LogP contribution in [0.2, 0.25) is 0 Å². The quantitative estimate of drug-likeness (QED) is 0.434. The van der Waals surface area contributed by atoms with Crippen molar-refractivity contribution in [2.75, 3.05) is 14.2 Å². The van der Waals surface area contributed by atoms with Crippen molar-refractivity contribution in [1.82, 2.24) is 14.4 Å². The third kappa shape index (κ3) is 3.85. The van der Waals surface area contributed by atoms with Crippen LogP contribution in [0.1, 0.15) is 5.89 Å². The third-order valence-electron chi connectivity index (χ3n) is 3.90. The van der Waals surface area contributed by atoms with Gasteiger partial charge in [-0.15, -0.1) is 0 Å². The fourth-order valence-corrected chi connectivity index (χ4v) is 3.74. The van der Waals surface area contributed by atoms with Gasteiger partial charge in [0.25, 0.3) is 5.69 Å². The molecule has 3 rings (SSSR count). The molecule has 0 N–H and O–H groups in total. The van der Waals surface area contributed by atoms with Gasteiger partial charge in [0.1, 0.15) is 5.75 Å². The molecule has 0 saturated heterocycles. The largest absolute Gasteiger partial charge is 0.497 e. The standard InChI is InChI=1S/C17H16N4O6S/c1-20(28(24,25)15-9-4-3-8-14(15)21(22)23)11-16-18-17(19-27-16)12-6-5-7-13(10-12)26-2/h3-10H,11H2,1-2H3. The summed E-state index contributed by atoms with van der Waals surface area (Å²) < 4.78 is 36.7. The van der Waals surface area contributed by atoms with E-state index in [1.54, 1.807) is 24.3 Å². The van der Waals surface area contributed by atoms with Crippen molar-refractivity contribution in [1.29, 1.82) is 0 Å². The summed E-state index contributed by atoms with van der Waals surface area (Å²) >= 11 is 0. The van der Waals surface area contributed by atoms with Gasteiger partial charge in [-0.3, -0.25) is 10.1 Å². The molecule has 10 nitrogen and oxygen atoms in total. The number of sulfonamides is 1. The Kier molecular flexibility index (Phi) is 5.38. The molecule has 3 aromatic rings. The molecule has 0 spiro atoms. The molecule has 146 valence electrons. The Hall–Kier alpha value is -3.31. The molecule has 0 fully saturated rings. The number of methoxy groups -OCH3 is 1. The second kappa shape index (κ2) is 7.74. The minimum Gasteiger partial charge on any atom is -0.497 e. The van der Waals surface area contributed by atoms with Crippen LogP contribution in [-0.2, 0) is 16.6 Å². The molecule has 0 aliphatic rings. The summed E-state index contributed by atoms with van der Waals surface area (Å²) in [4.78, 5) is 14.2. The zero-order valence-electron chi connectivity index (χ0n) is 15.0. The van der Waals surface area contributed by atoms with E-state index in [1.165, 1.54) is 32.4 Å². The van der Waals surface area contributed by atoms with E-state index in [9.17, 15) is 18.5 Å². The molecular formula is C17H16N4O6S. The summed E-state index contributed by atoms with van der Waals surface area (Å²) in [6.07, 6.45) is 0. The zero-order valence-corrected chi connectivity index (χ0v) is 15.8. The number of hydrogen-bond acceptors (Lipinski definition) is 8. The maximum atomic E-state index is 12.7. The zero-order chi connectivity index (χ0) is 20.3. The average Bonchev–Trinajstić information content (AvgIpc) is 3.16. The van der Waals surface area contributed by atoms with E-state index in [0.29, 0.717) is 11.3 Å². The molecule has 1 aromatic heterocycles. The van der Waals surface area contributed by atoms with Crippen molar-refractivity contribution in [2.24, 2.45) is 0 Å². The van der Waals surface area contributed by atoms with Gasteiger partial charge in [-0.05, 0) is 18.2 Å². The number of benzene rings is 2. The van der Waals surface area contributed by atoms with Gasteiger partial charge in [0, 0.05) is 18.7 Å². The van der Waals surface area contributed by atoms with Crippen LogP contribution in [0, 0.1) is 10.1 Å². The van der Waals surface area contributed by atoms with Crippen LogP contribution in [0.5, 0.6) is 5.75 Å². The van der Waals surface area contributed by atoms with E-state index >= 15 is 0 Å². The lowest BCUT2D eigenvalue weighted by atomic mass is 10.2. The number of ether oxygens (including phenoxy) is 1. The Bertz CT molecular complexity index is 1110. The summed E-state index contributed by atoms with van der Waals surface area (Å²) in [5.74, 6) is 0.924. The molecule has 0 unspecified atom stereocenters. The van der Waals surface area contributed by atoms with Crippen LogP contribution in [0.4, 0.5) is 5.69 Å². The lowest BCUT2D eigenvalue weighted by Gasteiger charge is -2.14. The normalized spacial score (nSPS) is 11.5. The SMILES string of the molecule is COc1cccc(-c2noc(CN(C)S(=O)(=O)c3ccccc3[N+](=O)[O-])n2)c1. The van der Waals surface area contributed by atoms with E-state index in [4.69, 9.17) is 9.26 Å². The molecule has 2 aromatic carbocycles. The summed E-state index contributed by atoms with van der Waals surface area (Å²) in [7, 11) is -1.32. The molecule has 0 aliphatic heterocycles. The van der Waals surface area contributed by atoms with Crippen molar-refractivity contribution in [3.05, 3.63) is 64.5 Å². The lowest BCUT2D eigenvalue weighted by Crippen LogP contribution is -2.27. The average molecular weight is 404 g/mol. The number of para-hydroxylation sites is 1. The topological polar surface area (TPSA) is 129 Å². The first-order valence-corrected chi connectivity index (χ1v) is 9.43. The highest BCUT2D eigenvalue weighted by atomic mass is 32.2. The monoisotopic (exact) mass is 404 g/mol. The van der Waals surface area contributed by atoms with E-state index < -0.39 is 25.5 Å².